The van der Waals surface area contributed by atoms with Gasteiger partial charge in [-0.3, -0.25) is 9.97 Å². The van der Waals surface area contributed by atoms with Gasteiger partial charge in [0.05, 0.1) is 11.2 Å². The molecule has 0 spiro atoms. The third kappa shape index (κ3) is 5.79. The Morgan fingerprint density at radius 2 is 1.11 bits per heavy atom. The number of rotatable bonds is 6. The SMILES string of the molecule is c1ccc(-c2c(-c3cc(-c4ccc(-c5cc6ncccc6cn5)cc4)cc(-c4ccc5scc(-c6ccc7ccccc7c6)c5c4)c3)sc3ccccc23)cc1. The summed E-state index contributed by atoms with van der Waals surface area (Å²) in [5.74, 6) is 0. The largest absolute Gasteiger partial charge is 0.256 e. The van der Waals surface area contributed by atoms with Crippen molar-refractivity contribution in [3.63, 3.8) is 0 Å². The zero-order valence-electron chi connectivity index (χ0n) is 30.2. The molecule has 2 nitrogen and oxygen atoms in total. The highest BCUT2D eigenvalue weighted by atomic mass is 32.1. The Hall–Kier alpha value is -6.72. The van der Waals surface area contributed by atoms with Gasteiger partial charge in [0, 0.05) is 59.5 Å². The van der Waals surface area contributed by atoms with Crippen LogP contribution in [-0.2, 0) is 0 Å². The molecular weight excluding hydrogens is 717 g/mol. The lowest BCUT2D eigenvalue weighted by molar-refractivity contribution is 1.32. The van der Waals surface area contributed by atoms with Crippen LogP contribution in [0.15, 0.2) is 194 Å². The Morgan fingerprint density at radius 1 is 0.393 bits per heavy atom. The summed E-state index contributed by atoms with van der Waals surface area (Å²) >= 11 is 3.68. The van der Waals surface area contributed by atoms with E-state index in [4.69, 9.17) is 4.98 Å². The van der Waals surface area contributed by atoms with Gasteiger partial charge in [0.15, 0.2) is 0 Å². The summed E-state index contributed by atoms with van der Waals surface area (Å²) in [6.45, 7) is 0. The van der Waals surface area contributed by atoms with E-state index in [0.717, 1.165) is 27.7 Å². The van der Waals surface area contributed by atoms with E-state index in [2.05, 4.69) is 174 Å². The maximum Gasteiger partial charge on any atom is 0.0739 e. The molecule has 4 heteroatoms. The first-order valence-electron chi connectivity index (χ1n) is 18.8. The van der Waals surface area contributed by atoms with Crippen molar-refractivity contribution in [3.05, 3.63) is 194 Å². The van der Waals surface area contributed by atoms with Crippen molar-refractivity contribution in [1.82, 2.24) is 9.97 Å². The average Bonchev–Trinajstić information content (AvgIpc) is 3.88. The van der Waals surface area contributed by atoms with Crippen LogP contribution in [0.4, 0.5) is 0 Å². The molecule has 0 aliphatic heterocycles. The molecule has 0 saturated carbocycles. The smallest absolute Gasteiger partial charge is 0.0739 e. The Kier molecular flexibility index (Phi) is 7.90. The highest BCUT2D eigenvalue weighted by Gasteiger charge is 2.18. The van der Waals surface area contributed by atoms with Gasteiger partial charge >= 0.3 is 0 Å². The van der Waals surface area contributed by atoms with Gasteiger partial charge in [-0.05, 0) is 116 Å². The Labute approximate surface area is 332 Å². The summed E-state index contributed by atoms with van der Waals surface area (Å²) < 4.78 is 2.58. The summed E-state index contributed by atoms with van der Waals surface area (Å²) in [6.07, 6.45) is 3.74. The Balaban J connectivity index is 1.08. The van der Waals surface area contributed by atoms with Crippen molar-refractivity contribution in [1.29, 1.82) is 0 Å². The van der Waals surface area contributed by atoms with Crippen LogP contribution in [0, 0.1) is 0 Å². The number of hydrogen-bond donors (Lipinski definition) is 0. The number of hydrogen-bond acceptors (Lipinski definition) is 4. The second kappa shape index (κ2) is 13.5. The van der Waals surface area contributed by atoms with Crippen LogP contribution in [0.2, 0.25) is 0 Å². The predicted octanol–water partition coefficient (Wildman–Crippen LogP) is 15.2. The van der Waals surface area contributed by atoms with Crippen molar-refractivity contribution in [3.8, 4) is 66.2 Å². The lowest BCUT2D eigenvalue weighted by Crippen LogP contribution is -1.88. The Morgan fingerprint density at radius 3 is 2.00 bits per heavy atom. The fourth-order valence-corrected chi connectivity index (χ4v) is 10.1. The quantitative estimate of drug-likeness (QED) is 0.169. The minimum absolute atomic E-state index is 0.918. The molecular formula is C52H32N2S2. The number of pyridine rings is 2. The van der Waals surface area contributed by atoms with Crippen LogP contribution in [0.1, 0.15) is 0 Å². The van der Waals surface area contributed by atoms with Gasteiger partial charge in [0.2, 0.25) is 0 Å². The van der Waals surface area contributed by atoms with Crippen LogP contribution in [0.5, 0.6) is 0 Å². The number of thiophene rings is 2. The van der Waals surface area contributed by atoms with E-state index in [-0.39, 0.29) is 0 Å². The zero-order chi connectivity index (χ0) is 37.0. The standard InChI is InChI=1S/C52H32N2S2/c1-2-10-36(11-3-1)51-44-14-6-7-15-50(44)56-52(51)43-27-41(34-16-19-35(20-17-34)47-30-48-40(31-54-47)13-8-24-53-48)26-42(28-43)38-22-23-49-45(29-38)46(32-55-49)39-21-18-33-9-4-5-12-37(33)25-39/h1-32H. The van der Waals surface area contributed by atoms with Crippen molar-refractivity contribution in [2.75, 3.05) is 0 Å². The van der Waals surface area contributed by atoms with Gasteiger partial charge in [-0.2, -0.15) is 0 Å². The maximum absolute atomic E-state index is 4.77. The van der Waals surface area contributed by atoms with Gasteiger partial charge < -0.3 is 0 Å². The molecule has 262 valence electrons. The molecule has 0 saturated heterocycles. The Bertz CT molecular complexity index is 3250. The summed E-state index contributed by atoms with van der Waals surface area (Å²) in [6, 6.07) is 64.0. The molecule has 0 N–H and O–H groups in total. The molecule has 0 atom stereocenters. The van der Waals surface area contributed by atoms with Crippen molar-refractivity contribution in [2.45, 2.75) is 0 Å². The van der Waals surface area contributed by atoms with Gasteiger partial charge in [-0.15, -0.1) is 22.7 Å². The topological polar surface area (TPSA) is 25.8 Å². The maximum atomic E-state index is 4.77. The first-order valence-corrected chi connectivity index (χ1v) is 20.5. The number of fused-ring (bicyclic) bond motifs is 4. The normalized spacial score (nSPS) is 11.6. The first kappa shape index (κ1) is 32.7. The fraction of sp³-hybridized carbons (Fsp3) is 0. The average molecular weight is 749 g/mol. The second-order valence-electron chi connectivity index (χ2n) is 14.2. The predicted molar refractivity (Wildman–Crippen MR) is 240 cm³/mol. The van der Waals surface area contributed by atoms with E-state index < -0.39 is 0 Å². The molecule has 56 heavy (non-hydrogen) atoms. The van der Waals surface area contributed by atoms with Crippen LogP contribution >= 0.6 is 22.7 Å². The molecule has 0 fully saturated rings. The summed E-state index contributed by atoms with van der Waals surface area (Å²) in [7, 11) is 0. The van der Waals surface area contributed by atoms with E-state index in [1.807, 2.05) is 47.2 Å². The molecule has 11 rings (SSSR count). The second-order valence-corrected chi connectivity index (χ2v) is 16.2. The third-order valence-electron chi connectivity index (χ3n) is 10.8. The summed E-state index contributed by atoms with van der Waals surface area (Å²) in [4.78, 5) is 10.6. The molecule has 0 aliphatic carbocycles. The van der Waals surface area contributed by atoms with Crippen molar-refractivity contribution < 1.29 is 0 Å². The minimum atomic E-state index is 0.918. The van der Waals surface area contributed by atoms with Crippen LogP contribution in [0.25, 0.3) is 108 Å². The molecule has 0 amide bonds. The highest BCUT2D eigenvalue weighted by molar-refractivity contribution is 7.23. The molecule has 4 aromatic heterocycles. The van der Waals surface area contributed by atoms with E-state index >= 15 is 0 Å². The number of benzene rings is 7. The summed E-state index contributed by atoms with van der Waals surface area (Å²) in [5, 5.41) is 8.44. The first-order chi connectivity index (χ1) is 27.7. The van der Waals surface area contributed by atoms with Gasteiger partial charge in [-0.1, -0.05) is 115 Å². The molecule has 7 aromatic carbocycles. The van der Waals surface area contributed by atoms with Gasteiger partial charge in [0.1, 0.15) is 0 Å². The molecule has 4 heterocycles. The van der Waals surface area contributed by atoms with Crippen LogP contribution < -0.4 is 0 Å². The van der Waals surface area contributed by atoms with Gasteiger partial charge in [0.25, 0.3) is 0 Å². The molecule has 0 unspecified atom stereocenters. The fourth-order valence-electron chi connectivity index (χ4n) is 7.98. The van der Waals surface area contributed by atoms with Gasteiger partial charge in [-0.25, -0.2) is 0 Å². The van der Waals surface area contributed by atoms with Crippen molar-refractivity contribution in [2.24, 2.45) is 0 Å². The van der Waals surface area contributed by atoms with Crippen molar-refractivity contribution >= 4 is 64.5 Å². The highest BCUT2D eigenvalue weighted by Crippen LogP contribution is 2.47. The van der Waals surface area contributed by atoms with E-state index in [0.29, 0.717) is 0 Å². The van der Waals surface area contributed by atoms with Crippen LogP contribution in [0.3, 0.4) is 0 Å². The number of aromatic nitrogens is 2. The van der Waals surface area contributed by atoms with E-state index in [1.165, 1.54) is 80.3 Å². The molecule has 0 radical (unpaired) electrons. The third-order valence-corrected chi connectivity index (χ3v) is 13.0. The molecule has 0 aliphatic rings. The minimum Gasteiger partial charge on any atom is -0.256 e. The van der Waals surface area contributed by atoms with Crippen LogP contribution in [-0.4, -0.2) is 9.97 Å². The van der Waals surface area contributed by atoms with E-state index in [1.54, 1.807) is 0 Å². The lowest BCUT2D eigenvalue weighted by Gasteiger charge is -2.13. The number of nitrogens with zero attached hydrogens (tertiary/aromatic N) is 2. The molecule has 11 aromatic rings. The monoisotopic (exact) mass is 748 g/mol. The molecule has 0 bridgehead atoms. The summed E-state index contributed by atoms with van der Waals surface area (Å²) in [5.41, 5.74) is 13.9. The lowest BCUT2D eigenvalue weighted by atomic mass is 9.92. The van der Waals surface area contributed by atoms with E-state index in [9.17, 15) is 0 Å². The zero-order valence-corrected chi connectivity index (χ0v) is 31.8.